The number of amides is 1. The molecule has 6 nitrogen and oxygen atoms in total. The van der Waals surface area contributed by atoms with Crippen molar-refractivity contribution in [1.29, 1.82) is 0 Å². The predicted molar refractivity (Wildman–Crippen MR) is 98.1 cm³/mol. The molecule has 2 rings (SSSR count). The second-order valence-corrected chi connectivity index (χ2v) is 7.38. The fourth-order valence-electron chi connectivity index (χ4n) is 2.31. The average Bonchev–Trinajstić information content (AvgIpc) is 2.59. The van der Waals surface area contributed by atoms with E-state index in [0.29, 0.717) is 24.5 Å². The molecule has 0 atom stereocenters. The van der Waals surface area contributed by atoms with Crippen molar-refractivity contribution in [3.05, 3.63) is 60.2 Å². The van der Waals surface area contributed by atoms with Gasteiger partial charge in [0.25, 0.3) is 5.91 Å². The van der Waals surface area contributed by atoms with Gasteiger partial charge in [0.05, 0.1) is 11.9 Å². The Labute approximate surface area is 148 Å². The summed E-state index contributed by atoms with van der Waals surface area (Å²) in [6.07, 6.45) is 1.16. The summed E-state index contributed by atoms with van der Waals surface area (Å²) in [6, 6.07) is 16.2. The molecule has 0 saturated heterocycles. The van der Waals surface area contributed by atoms with Gasteiger partial charge in [-0.3, -0.25) is 9.10 Å². The zero-order chi connectivity index (χ0) is 18.3. The molecule has 2 aromatic carbocycles. The standard InChI is InChI=1S/C18H22N2O4S/c1-3-20(25(2,22)23)16-9-11-17(12-10-16)24-14-18(21)19-13-15-7-5-4-6-8-15/h4-12H,3,13-14H2,1-2H3,(H,19,21). The van der Waals surface area contributed by atoms with E-state index in [1.54, 1.807) is 31.2 Å². The summed E-state index contributed by atoms with van der Waals surface area (Å²) in [4.78, 5) is 11.8. The van der Waals surface area contributed by atoms with Crippen LogP contribution in [0, 0.1) is 0 Å². The first-order valence-corrected chi connectivity index (χ1v) is 9.76. The molecule has 134 valence electrons. The average molecular weight is 362 g/mol. The summed E-state index contributed by atoms with van der Waals surface area (Å²) in [7, 11) is -3.31. The number of nitrogens with one attached hydrogen (secondary N) is 1. The Balaban J connectivity index is 1.86. The normalized spacial score (nSPS) is 11.0. The van der Waals surface area contributed by atoms with Gasteiger partial charge in [-0.2, -0.15) is 0 Å². The van der Waals surface area contributed by atoms with E-state index in [1.165, 1.54) is 4.31 Å². The van der Waals surface area contributed by atoms with Gasteiger partial charge in [-0.15, -0.1) is 0 Å². The first kappa shape index (κ1) is 18.8. The van der Waals surface area contributed by atoms with Gasteiger partial charge in [0.1, 0.15) is 5.75 Å². The number of hydrogen-bond acceptors (Lipinski definition) is 4. The SMILES string of the molecule is CCN(c1ccc(OCC(=O)NCc2ccccc2)cc1)S(C)(=O)=O. The molecule has 0 aromatic heterocycles. The highest BCUT2D eigenvalue weighted by molar-refractivity contribution is 7.92. The van der Waals surface area contributed by atoms with Crippen molar-refractivity contribution >= 4 is 21.6 Å². The zero-order valence-electron chi connectivity index (χ0n) is 14.3. The van der Waals surface area contributed by atoms with Crippen molar-refractivity contribution in [3.8, 4) is 5.75 Å². The minimum absolute atomic E-state index is 0.101. The lowest BCUT2D eigenvalue weighted by molar-refractivity contribution is -0.123. The topological polar surface area (TPSA) is 75.7 Å². The molecule has 0 spiro atoms. The van der Waals surface area contributed by atoms with Crippen molar-refractivity contribution in [2.45, 2.75) is 13.5 Å². The fourth-order valence-corrected chi connectivity index (χ4v) is 3.29. The van der Waals surface area contributed by atoms with Crippen LogP contribution in [0.15, 0.2) is 54.6 Å². The molecule has 0 aliphatic heterocycles. The molecule has 0 heterocycles. The van der Waals surface area contributed by atoms with Gasteiger partial charge in [0, 0.05) is 13.1 Å². The van der Waals surface area contributed by atoms with Crippen molar-refractivity contribution in [2.75, 3.05) is 23.7 Å². The van der Waals surface area contributed by atoms with Crippen LogP contribution in [0.1, 0.15) is 12.5 Å². The Bertz CT molecular complexity index is 790. The Morgan fingerprint density at radius 1 is 1.08 bits per heavy atom. The van der Waals surface area contributed by atoms with E-state index in [-0.39, 0.29) is 12.5 Å². The molecule has 0 saturated carbocycles. The maximum absolute atomic E-state index is 11.8. The first-order chi connectivity index (χ1) is 11.9. The summed E-state index contributed by atoms with van der Waals surface area (Å²) in [5.41, 5.74) is 1.58. The largest absolute Gasteiger partial charge is 0.484 e. The number of sulfonamides is 1. The van der Waals surface area contributed by atoms with Gasteiger partial charge in [0.2, 0.25) is 10.0 Å². The molecular formula is C18H22N2O4S. The number of rotatable bonds is 8. The lowest BCUT2D eigenvalue weighted by Crippen LogP contribution is -2.29. The molecule has 0 aliphatic rings. The Morgan fingerprint density at radius 3 is 2.28 bits per heavy atom. The highest BCUT2D eigenvalue weighted by Gasteiger charge is 2.15. The smallest absolute Gasteiger partial charge is 0.258 e. The monoisotopic (exact) mass is 362 g/mol. The van der Waals surface area contributed by atoms with Crippen LogP contribution in [0.25, 0.3) is 0 Å². The highest BCUT2D eigenvalue weighted by Crippen LogP contribution is 2.21. The van der Waals surface area contributed by atoms with Crippen molar-refractivity contribution in [1.82, 2.24) is 5.32 Å². The fraction of sp³-hybridized carbons (Fsp3) is 0.278. The van der Waals surface area contributed by atoms with Crippen LogP contribution in [-0.4, -0.2) is 33.7 Å². The number of hydrogen-bond donors (Lipinski definition) is 1. The molecule has 1 amide bonds. The highest BCUT2D eigenvalue weighted by atomic mass is 32.2. The molecule has 25 heavy (non-hydrogen) atoms. The second-order valence-electron chi connectivity index (χ2n) is 5.47. The third-order valence-corrected chi connectivity index (χ3v) is 4.78. The van der Waals surface area contributed by atoms with Gasteiger partial charge in [-0.25, -0.2) is 8.42 Å². The number of benzene rings is 2. The van der Waals surface area contributed by atoms with Crippen molar-refractivity contribution in [2.24, 2.45) is 0 Å². The molecule has 0 aliphatic carbocycles. The summed E-state index contributed by atoms with van der Waals surface area (Å²) in [5.74, 6) is 0.280. The maximum Gasteiger partial charge on any atom is 0.258 e. The van der Waals surface area contributed by atoms with Gasteiger partial charge in [-0.1, -0.05) is 30.3 Å². The molecular weight excluding hydrogens is 340 g/mol. The summed E-state index contributed by atoms with van der Waals surface area (Å²) < 4.78 is 30.1. The molecule has 0 bridgehead atoms. The van der Waals surface area contributed by atoms with Gasteiger partial charge in [0.15, 0.2) is 6.61 Å². The summed E-state index contributed by atoms with van der Waals surface area (Å²) in [6.45, 7) is 2.46. The van der Waals surface area contributed by atoms with Gasteiger partial charge < -0.3 is 10.1 Å². The Kier molecular flexibility index (Phi) is 6.41. The molecule has 2 aromatic rings. The van der Waals surface area contributed by atoms with Crippen LogP contribution in [0.3, 0.4) is 0 Å². The first-order valence-electron chi connectivity index (χ1n) is 7.91. The van der Waals surface area contributed by atoms with E-state index in [4.69, 9.17) is 4.74 Å². The zero-order valence-corrected chi connectivity index (χ0v) is 15.1. The van der Waals surface area contributed by atoms with Crippen LogP contribution in [0.4, 0.5) is 5.69 Å². The van der Waals surface area contributed by atoms with E-state index >= 15 is 0 Å². The third-order valence-electron chi connectivity index (χ3n) is 3.51. The van der Waals surface area contributed by atoms with E-state index in [1.807, 2.05) is 30.3 Å². The van der Waals surface area contributed by atoms with Gasteiger partial charge in [-0.05, 0) is 36.8 Å². The number of carbonyl (C=O) groups excluding carboxylic acids is 1. The minimum atomic E-state index is -3.31. The van der Waals surface area contributed by atoms with E-state index < -0.39 is 10.0 Å². The molecule has 7 heteroatoms. The predicted octanol–water partition coefficient (Wildman–Crippen LogP) is 2.17. The van der Waals surface area contributed by atoms with Crippen molar-refractivity contribution < 1.29 is 17.9 Å². The van der Waals surface area contributed by atoms with E-state index in [2.05, 4.69) is 5.32 Å². The molecule has 1 N–H and O–H groups in total. The molecule has 0 radical (unpaired) electrons. The van der Waals surface area contributed by atoms with Crippen molar-refractivity contribution in [3.63, 3.8) is 0 Å². The number of ether oxygens (including phenoxy) is 1. The second kappa shape index (κ2) is 8.53. The Morgan fingerprint density at radius 2 is 1.72 bits per heavy atom. The Hall–Kier alpha value is -2.54. The number of nitrogens with zero attached hydrogens (tertiary/aromatic N) is 1. The van der Waals surface area contributed by atoms with Crippen LogP contribution < -0.4 is 14.4 Å². The summed E-state index contributed by atoms with van der Waals surface area (Å²) in [5, 5.41) is 2.78. The van der Waals surface area contributed by atoms with Crippen LogP contribution in [0.2, 0.25) is 0 Å². The van der Waals surface area contributed by atoms with Crippen LogP contribution in [-0.2, 0) is 21.4 Å². The lowest BCUT2D eigenvalue weighted by Gasteiger charge is -2.20. The number of anilines is 1. The molecule has 0 unspecified atom stereocenters. The quantitative estimate of drug-likeness (QED) is 0.781. The van der Waals surface area contributed by atoms with Crippen LogP contribution >= 0.6 is 0 Å². The van der Waals surface area contributed by atoms with Gasteiger partial charge >= 0.3 is 0 Å². The minimum Gasteiger partial charge on any atom is -0.484 e. The van der Waals surface area contributed by atoms with E-state index in [0.717, 1.165) is 11.8 Å². The summed E-state index contributed by atoms with van der Waals surface area (Å²) >= 11 is 0. The van der Waals surface area contributed by atoms with E-state index in [9.17, 15) is 13.2 Å². The number of carbonyl (C=O) groups is 1. The van der Waals surface area contributed by atoms with Crippen LogP contribution in [0.5, 0.6) is 5.75 Å². The maximum atomic E-state index is 11.8. The third kappa shape index (κ3) is 5.79. The molecule has 0 fully saturated rings. The lowest BCUT2D eigenvalue weighted by atomic mass is 10.2.